The normalized spacial score (nSPS) is 19.1. The summed E-state index contributed by atoms with van der Waals surface area (Å²) in [5, 5.41) is 3.81. The van der Waals surface area contributed by atoms with Crippen molar-refractivity contribution < 1.29 is 27.0 Å². The molecule has 0 fully saturated rings. The summed E-state index contributed by atoms with van der Waals surface area (Å²) in [6.07, 6.45) is -4.04. The Bertz CT molecular complexity index is 1500. The van der Waals surface area contributed by atoms with Gasteiger partial charge >= 0.3 is 6.18 Å². The predicted molar refractivity (Wildman–Crippen MR) is 139 cm³/mol. The third kappa shape index (κ3) is 5.84. The Kier molecular flexibility index (Phi) is 7.43. The second-order valence-electron chi connectivity index (χ2n) is 8.80. The first-order valence-corrected chi connectivity index (χ1v) is 13.8. The third-order valence-electron chi connectivity index (χ3n) is 5.86. The second-order valence-corrected chi connectivity index (χ2v) is 12.1. The van der Waals surface area contributed by atoms with Gasteiger partial charge in [0.15, 0.2) is 0 Å². The van der Waals surface area contributed by atoms with Crippen LogP contribution in [0.2, 0.25) is 10.0 Å². The number of hydrogen-bond donors (Lipinski definition) is 0. The molecule has 0 spiro atoms. The number of halogens is 5. The van der Waals surface area contributed by atoms with E-state index in [1.165, 1.54) is 30.5 Å². The first-order valence-electron chi connectivity index (χ1n) is 11.0. The summed E-state index contributed by atoms with van der Waals surface area (Å²) in [5.41, 5.74) is -1.24. The highest BCUT2D eigenvalue weighted by Gasteiger charge is 2.62. The van der Waals surface area contributed by atoms with Crippen molar-refractivity contribution >= 4 is 44.5 Å². The highest BCUT2D eigenvalue weighted by Crippen LogP contribution is 2.49. The van der Waals surface area contributed by atoms with Gasteiger partial charge in [-0.15, -0.1) is 0 Å². The molecule has 0 saturated carbocycles. The van der Waals surface area contributed by atoms with Crippen LogP contribution in [-0.2, 0) is 25.9 Å². The molecule has 0 aliphatic carbocycles. The van der Waals surface area contributed by atoms with Gasteiger partial charge in [-0.3, -0.25) is 4.79 Å². The van der Waals surface area contributed by atoms with Crippen LogP contribution in [0.25, 0.3) is 0 Å². The molecule has 3 aromatic rings. The number of alkyl halides is 3. The molecule has 0 radical (unpaired) electrons. The van der Waals surface area contributed by atoms with Gasteiger partial charge in [-0.05, 0) is 53.9 Å². The molecule has 11 heteroatoms. The average molecular weight is 569 g/mol. The Morgan fingerprint density at radius 3 is 2.32 bits per heavy atom. The lowest BCUT2D eigenvalue weighted by molar-refractivity contribution is -0.275. The van der Waals surface area contributed by atoms with Gasteiger partial charge in [0.25, 0.3) is 11.5 Å². The van der Waals surface area contributed by atoms with E-state index in [2.05, 4.69) is 9.52 Å². The standard InChI is InChI=1S/C26H21Cl2F3N2O3S/c1-16-10-18(8-9-22(16)24(34)33-37(2,35)15-17-6-4-3-5-7-17)23-14-25(36-32-23,26(29,30)31)19-11-20(27)13-21(28)12-19/h3-13H,14-15H2,1-2H3. The van der Waals surface area contributed by atoms with E-state index in [-0.39, 0.29) is 32.6 Å². The van der Waals surface area contributed by atoms with Crippen molar-refractivity contribution in [1.82, 2.24) is 0 Å². The van der Waals surface area contributed by atoms with Crippen molar-refractivity contribution in [1.29, 1.82) is 0 Å². The van der Waals surface area contributed by atoms with Crippen molar-refractivity contribution in [3.05, 3.63) is 105 Å². The molecule has 194 valence electrons. The van der Waals surface area contributed by atoms with E-state index in [0.29, 0.717) is 11.1 Å². The second kappa shape index (κ2) is 10.1. The summed E-state index contributed by atoms with van der Waals surface area (Å²) in [6.45, 7) is 1.62. The number of benzene rings is 3. The third-order valence-corrected chi connectivity index (χ3v) is 7.72. The van der Waals surface area contributed by atoms with Gasteiger partial charge < -0.3 is 4.84 Å². The lowest BCUT2D eigenvalue weighted by Gasteiger charge is -2.29. The number of rotatable bonds is 5. The van der Waals surface area contributed by atoms with Crippen LogP contribution >= 0.6 is 23.2 Å². The van der Waals surface area contributed by atoms with E-state index in [1.54, 1.807) is 31.2 Å². The zero-order chi connectivity index (χ0) is 27.0. The van der Waals surface area contributed by atoms with Gasteiger partial charge in [0.1, 0.15) is 0 Å². The van der Waals surface area contributed by atoms with E-state index < -0.39 is 33.8 Å². The van der Waals surface area contributed by atoms with Crippen molar-refractivity contribution in [3.8, 4) is 0 Å². The maximum Gasteiger partial charge on any atom is 0.435 e. The minimum Gasteiger partial charge on any atom is -0.374 e. The summed E-state index contributed by atoms with van der Waals surface area (Å²) in [7, 11) is -2.86. The van der Waals surface area contributed by atoms with Crippen LogP contribution in [0, 0.1) is 6.92 Å². The average Bonchev–Trinajstić information content (AvgIpc) is 3.25. The Hall–Kier alpha value is -2.88. The molecule has 2 atom stereocenters. The van der Waals surface area contributed by atoms with Gasteiger partial charge in [0.05, 0.1) is 21.2 Å². The molecule has 0 aromatic heterocycles. The fourth-order valence-electron chi connectivity index (χ4n) is 4.07. The number of carbonyl (C=O) groups excluding carboxylic acids is 1. The summed E-state index contributed by atoms with van der Waals surface area (Å²) >= 11 is 11.9. The van der Waals surface area contributed by atoms with Crippen molar-refractivity contribution in [2.24, 2.45) is 9.52 Å². The molecule has 0 bridgehead atoms. The maximum absolute atomic E-state index is 14.2. The van der Waals surface area contributed by atoms with E-state index >= 15 is 0 Å². The Balaban J connectivity index is 1.60. The summed E-state index contributed by atoms with van der Waals surface area (Å²) in [5.74, 6) is -0.562. The zero-order valence-corrected chi connectivity index (χ0v) is 22.0. The lowest BCUT2D eigenvalue weighted by Crippen LogP contribution is -2.42. The van der Waals surface area contributed by atoms with E-state index in [1.807, 2.05) is 6.07 Å². The molecule has 5 nitrogen and oxygen atoms in total. The first kappa shape index (κ1) is 27.2. The van der Waals surface area contributed by atoms with Crippen LogP contribution in [0.3, 0.4) is 0 Å². The maximum atomic E-state index is 14.2. The van der Waals surface area contributed by atoms with Gasteiger partial charge in [-0.2, -0.15) is 17.5 Å². The molecule has 3 aromatic carbocycles. The Morgan fingerprint density at radius 2 is 1.73 bits per heavy atom. The molecule has 0 saturated heterocycles. The molecular formula is C26H21Cl2F3N2O3S. The highest BCUT2D eigenvalue weighted by atomic mass is 35.5. The molecule has 0 N–H and O–H groups in total. The molecule has 1 heterocycles. The van der Waals surface area contributed by atoms with Gasteiger partial charge in [-0.1, -0.05) is 64.8 Å². The number of hydrogen-bond acceptors (Lipinski definition) is 4. The molecule has 4 rings (SSSR count). The minimum absolute atomic E-state index is 0.0328. The molecule has 2 unspecified atom stereocenters. The highest BCUT2D eigenvalue weighted by molar-refractivity contribution is 7.92. The van der Waals surface area contributed by atoms with Crippen LogP contribution in [0.1, 0.15) is 39.0 Å². The van der Waals surface area contributed by atoms with E-state index in [0.717, 1.165) is 17.7 Å². The fourth-order valence-corrected chi connectivity index (χ4v) is 5.92. The molecule has 37 heavy (non-hydrogen) atoms. The van der Waals surface area contributed by atoms with Crippen LogP contribution in [0.5, 0.6) is 0 Å². The number of amides is 1. The largest absolute Gasteiger partial charge is 0.435 e. The van der Waals surface area contributed by atoms with Crippen molar-refractivity contribution in [3.63, 3.8) is 0 Å². The monoisotopic (exact) mass is 568 g/mol. The summed E-state index contributed by atoms with van der Waals surface area (Å²) in [6, 6.07) is 17.1. The SMILES string of the molecule is Cc1cc(C2=NOC(c3cc(Cl)cc(Cl)c3)(C(F)(F)F)C2)ccc1C(=O)N=S(C)(=O)Cc1ccccc1. The summed E-state index contributed by atoms with van der Waals surface area (Å²) < 4.78 is 59.6. The van der Waals surface area contributed by atoms with Gasteiger partial charge in [0.2, 0.25) is 0 Å². The topological polar surface area (TPSA) is 68.1 Å². The quantitative estimate of drug-likeness (QED) is 0.323. The smallest absolute Gasteiger partial charge is 0.374 e. The Morgan fingerprint density at radius 1 is 1.08 bits per heavy atom. The van der Waals surface area contributed by atoms with E-state index in [9.17, 15) is 22.2 Å². The van der Waals surface area contributed by atoms with E-state index in [4.69, 9.17) is 28.0 Å². The van der Waals surface area contributed by atoms with Crippen LogP contribution in [0.4, 0.5) is 13.2 Å². The molecular weight excluding hydrogens is 548 g/mol. The number of carbonyl (C=O) groups is 1. The van der Waals surface area contributed by atoms with Crippen LogP contribution in [0.15, 0.2) is 76.2 Å². The molecule has 1 aliphatic rings. The minimum atomic E-state index is -4.82. The van der Waals surface area contributed by atoms with Crippen molar-refractivity contribution in [2.75, 3.05) is 6.26 Å². The predicted octanol–water partition coefficient (Wildman–Crippen LogP) is 7.32. The lowest BCUT2D eigenvalue weighted by atomic mass is 9.86. The molecule has 1 aliphatic heterocycles. The Labute approximate surface area is 222 Å². The molecule has 1 amide bonds. The first-order chi connectivity index (χ1) is 17.3. The number of aryl methyl sites for hydroxylation is 1. The number of nitrogens with zero attached hydrogens (tertiary/aromatic N) is 2. The van der Waals surface area contributed by atoms with Crippen molar-refractivity contribution in [2.45, 2.75) is 30.9 Å². The zero-order valence-electron chi connectivity index (χ0n) is 19.7. The number of oxime groups is 1. The summed E-state index contributed by atoms with van der Waals surface area (Å²) in [4.78, 5) is 17.8. The fraction of sp³-hybridized carbons (Fsp3) is 0.231. The van der Waals surface area contributed by atoms with Crippen LogP contribution < -0.4 is 0 Å². The van der Waals surface area contributed by atoms with Gasteiger partial charge in [-0.25, -0.2) is 4.21 Å². The van der Waals surface area contributed by atoms with Crippen LogP contribution in [-0.4, -0.2) is 28.3 Å². The van der Waals surface area contributed by atoms with Gasteiger partial charge in [0, 0.05) is 33.8 Å².